The number of ether oxygens (including phenoxy) is 1. The number of carbonyl (C=O) groups is 3. The van der Waals surface area contributed by atoms with E-state index >= 15 is 0 Å². The van der Waals surface area contributed by atoms with Gasteiger partial charge in [0.05, 0.1) is 5.92 Å². The lowest BCUT2D eigenvalue weighted by atomic mass is 9.99. The standard InChI is InChI=1S/C21H22N2O5/c24-19(22-13-17(21(26)27)14-6-2-1-3-7-14)15-8-4-9-16(12-15)23-20(25)18-10-5-11-28-18/h1-4,6-9,12,17-18H,5,10-11,13H2,(H,22,24)(H,23,25)(H,26,27). The smallest absolute Gasteiger partial charge is 0.312 e. The van der Waals surface area contributed by atoms with E-state index in [-0.39, 0.29) is 12.5 Å². The van der Waals surface area contributed by atoms with Crippen LogP contribution in [0.3, 0.4) is 0 Å². The lowest BCUT2D eigenvalue weighted by Gasteiger charge is -2.14. The molecule has 0 saturated carbocycles. The lowest BCUT2D eigenvalue weighted by molar-refractivity contribution is -0.138. The number of rotatable bonds is 7. The van der Waals surface area contributed by atoms with Crippen molar-refractivity contribution >= 4 is 23.5 Å². The number of anilines is 1. The van der Waals surface area contributed by atoms with Gasteiger partial charge in [-0.3, -0.25) is 14.4 Å². The van der Waals surface area contributed by atoms with Crippen LogP contribution >= 0.6 is 0 Å². The molecule has 7 nitrogen and oxygen atoms in total. The maximum atomic E-state index is 12.5. The second-order valence-electron chi connectivity index (χ2n) is 6.58. The first-order valence-corrected chi connectivity index (χ1v) is 9.13. The molecule has 28 heavy (non-hydrogen) atoms. The highest BCUT2D eigenvalue weighted by Gasteiger charge is 2.24. The van der Waals surface area contributed by atoms with Crippen LogP contribution in [0.25, 0.3) is 0 Å². The number of nitrogens with one attached hydrogen (secondary N) is 2. The van der Waals surface area contributed by atoms with Gasteiger partial charge < -0.3 is 20.5 Å². The third-order valence-corrected chi connectivity index (χ3v) is 4.58. The van der Waals surface area contributed by atoms with Gasteiger partial charge in [-0.15, -0.1) is 0 Å². The molecular weight excluding hydrogens is 360 g/mol. The minimum absolute atomic E-state index is 0.0370. The van der Waals surface area contributed by atoms with Crippen LogP contribution in [0.5, 0.6) is 0 Å². The molecule has 0 aliphatic carbocycles. The van der Waals surface area contributed by atoms with Crippen LogP contribution in [-0.2, 0) is 14.3 Å². The van der Waals surface area contributed by atoms with Crippen LogP contribution in [0.2, 0.25) is 0 Å². The molecule has 146 valence electrons. The lowest BCUT2D eigenvalue weighted by Crippen LogP contribution is -2.32. The van der Waals surface area contributed by atoms with Crippen LogP contribution in [-0.4, -0.2) is 42.1 Å². The Morgan fingerprint density at radius 2 is 1.89 bits per heavy atom. The van der Waals surface area contributed by atoms with Gasteiger partial charge in [0, 0.05) is 24.4 Å². The molecule has 1 fully saturated rings. The van der Waals surface area contributed by atoms with Gasteiger partial charge in [0.25, 0.3) is 11.8 Å². The van der Waals surface area contributed by atoms with Crippen molar-refractivity contribution in [2.45, 2.75) is 24.9 Å². The Kier molecular flexibility index (Phi) is 6.39. The molecule has 3 N–H and O–H groups in total. The molecule has 7 heteroatoms. The fourth-order valence-electron chi connectivity index (χ4n) is 3.08. The third-order valence-electron chi connectivity index (χ3n) is 4.58. The third kappa shape index (κ3) is 4.95. The van der Waals surface area contributed by atoms with Crippen molar-refractivity contribution in [3.63, 3.8) is 0 Å². The number of hydrogen-bond acceptors (Lipinski definition) is 4. The summed E-state index contributed by atoms with van der Waals surface area (Å²) in [5.41, 5.74) is 1.45. The summed E-state index contributed by atoms with van der Waals surface area (Å²) in [5.74, 6) is -2.49. The Morgan fingerprint density at radius 1 is 1.11 bits per heavy atom. The first-order chi connectivity index (χ1) is 13.5. The van der Waals surface area contributed by atoms with Crippen molar-refractivity contribution in [1.82, 2.24) is 5.32 Å². The summed E-state index contributed by atoms with van der Waals surface area (Å²) in [5, 5.41) is 14.9. The van der Waals surface area contributed by atoms with Gasteiger partial charge in [0.15, 0.2) is 0 Å². The molecule has 0 bridgehead atoms. The van der Waals surface area contributed by atoms with Crippen molar-refractivity contribution < 1.29 is 24.2 Å². The minimum Gasteiger partial charge on any atom is -0.481 e. The van der Waals surface area contributed by atoms with Gasteiger partial charge in [-0.1, -0.05) is 36.4 Å². The highest BCUT2D eigenvalue weighted by molar-refractivity contribution is 5.98. The Labute approximate surface area is 162 Å². The van der Waals surface area contributed by atoms with E-state index in [4.69, 9.17) is 4.74 Å². The monoisotopic (exact) mass is 382 g/mol. The van der Waals surface area contributed by atoms with Gasteiger partial charge in [0.1, 0.15) is 6.10 Å². The molecule has 2 amide bonds. The molecule has 2 atom stereocenters. The average molecular weight is 382 g/mol. The van der Waals surface area contributed by atoms with E-state index in [1.807, 2.05) is 0 Å². The second kappa shape index (κ2) is 9.14. The minimum atomic E-state index is -1.01. The maximum Gasteiger partial charge on any atom is 0.312 e. The Hall–Kier alpha value is -3.19. The van der Waals surface area contributed by atoms with Gasteiger partial charge >= 0.3 is 5.97 Å². The van der Waals surface area contributed by atoms with E-state index in [2.05, 4.69) is 10.6 Å². The number of carboxylic acid groups (broad SMARTS) is 1. The number of carboxylic acids is 1. The summed E-state index contributed by atoms with van der Waals surface area (Å²) in [6.45, 7) is 0.539. The van der Waals surface area contributed by atoms with Gasteiger partial charge in [-0.2, -0.15) is 0 Å². The molecule has 2 aromatic rings. The fraction of sp³-hybridized carbons (Fsp3) is 0.286. The Bertz CT molecular complexity index is 847. The summed E-state index contributed by atoms with van der Waals surface area (Å²) in [4.78, 5) is 36.1. The molecule has 1 aliphatic rings. The molecule has 2 aromatic carbocycles. The Balaban J connectivity index is 1.62. The molecule has 1 heterocycles. The highest BCUT2D eigenvalue weighted by atomic mass is 16.5. The van der Waals surface area contributed by atoms with Crippen molar-refractivity contribution in [2.75, 3.05) is 18.5 Å². The van der Waals surface area contributed by atoms with E-state index in [9.17, 15) is 19.5 Å². The van der Waals surface area contributed by atoms with Crippen molar-refractivity contribution in [3.8, 4) is 0 Å². The summed E-state index contributed by atoms with van der Waals surface area (Å²) < 4.78 is 5.35. The summed E-state index contributed by atoms with van der Waals surface area (Å²) in [6, 6.07) is 15.3. The predicted molar refractivity (Wildman–Crippen MR) is 103 cm³/mol. The van der Waals surface area contributed by atoms with Crippen LogP contribution in [0.15, 0.2) is 54.6 Å². The first-order valence-electron chi connectivity index (χ1n) is 9.13. The number of carbonyl (C=O) groups excluding carboxylic acids is 2. The predicted octanol–water partition coefficient (Wildman–Crippen LogP) is 2.40. The zero-order chi connectivity index (χ0) is 19.9. The van der Waals surface area contributed by atoms with E-state index in [1.54, 1.807) is 54.6 Å². The topological polar surface area (TPSA) is 105 Å². The molecule has 2 unspecified atom stereocenters. The van der Waals surface area contributed by atoms with E-state index in [0.29, 0.717) is 29.8 Å². The fourth-order valence-corrected chi connectivity index (χ4v) is 3.08. The van der Waals surface area contributed by atoms with Gasteiger partial charge in [0.2, 0.25) is 0 Å². The van der Waals surface area contributed by atoms with E-state index in [1.165, 1.54) is 0 Å². The first kappa shape index (κ1) is 19.6. The molecule has 0 radical (unpaired) electrons. The Morgan fingerprint density at radius 3 is 2.57 bits per heavy atom. The van der Waals surface area contributed by atoms with Gasteiger partial charge in [-0.05, 0) is 36.6 Å². The maximum absolute atomic E-state index is 12.5. The summed E-state index contributed by atoms with van der Waals surface area (Å²) in [7, 11) is 0. The molecule has 3 rings (SSSR count). The number of amides is 2. The summed E-state index contributed by atoms with van der Waals surface area (Å²) in [6.07, 6.45) is 1.08. The zero-order valence-corrected chi connectivity index (χ0v) is 15.3. The average Bonchev–Trinajstić information content (AvgIpc) is 3.24. The summed E-state index contributed by atoms with van der Waals surface area (Å²) >= 11 is 0. The van der Waals surface area contributed by atoms with Crippen LogP contribution in [0, 0.1) is 0 Å². The van der Waals surface area contributed by atoms with Crippen molar-refractivity contribution in [3.05, 3.63) is 65.7 Å². The zero-order valence-electron chi connectivity index (χ0n) is 15.3. The second-order valence-corrected chi connectivity index (χ2v) is 6.58. The molecule has 1 aliphatic heterocycles. The molecule has 0 spiro atoms. The SMILES string of the molecule is O=C(NCC(C(=O)O)c1ccccc1)c1cccc(NC(=O)C2CCCO2)c1. The highest BCUT2D eigenvalue weighted by Crippen LogP contribution is 2.17. The van der Waals surface area contributed by atoms with Crippen LogP contribution in [0.1, 0.15) is 34.7 Å². The van der Waals surface area contributed by atoms with Gasteiger partial charge in [-0.25, -0.2) is 0 Å². The van der Waals surface area contributed by atoms with Crippen LogP contribution < -0.4 is 10.6 Å². The van der Waals surface area contributed by atoms with Crippen LogP contribution in [0.4, 0.5) is 5.69 Å². The normalized spacial score (nSPS) is 16.9. The van der Waals surface area contributed by atoms with Crippen molar-refractivity contribution in [1.29, 1.82) is 0 Å². The van der Waals surface area contributed by atoms with E-state index in [0.717, 1.165) is 6.42 Å². The quantitative estimate of drug-likeness (QED) is 0.682. The molecule has 0 aromatic heterocycles. The molecular formula is C21H22N2O5. The number of hydrogen-bond donors (Lipinski definition) is 3. The number of aliphatic carboxylic acids is 1. The van der Waals surface area contributed by atoms with E-state index < -0.39 is 23.9 Å². The molecule has 1 saturated heterocycles. The van der Waals surface area contributed by atoms with Crippen molar-refractivity contribution in [2.24, 2.45) is 0 Å². The largest absolute Gasteiger partial charge is 0.481 e. The number of benzene rings is 2.